The third kappa shape index (κ3) is 5.11. The summed E-state index contributed by atoms with van der Waals surface area (Å²) in [5, 5.41) is 5.31. The van der Waals surface area contributed by atoms with Gasteiger partial charge < -0.3 is 16.4 Å². The molecule has 94 valence electrons. The Morgan fingerprint density at radius 1 is 0.938 bits per heavy atom. The zero-order valence-electron chi connectivity index (χ0n) is 10.7. The molecule has 1 unspecified atom stereocenters. The van der Waals surface area contributed by atoms with Gasteiger partial charge in [0.2, 0.25) is 11.8 Å². The maximum absolute atomic E-state index is 11.6. The Balaban J connectivity index is 4.18. The smallest absolute Gasteiger partial charge is 0.242 e. The summed E-state index contributed by atoms with van der Waals surface area (Å²) in [5.74, 6) is -0.430. The Morgan fingerprint density at radius 2 is 1.44 bits per heavy atom. The van der Waals surface area contributed by atoms with Gasteiger partial charge >= 0.3 is 0 Å². The minimum atomic E-state index is -0.575. The van der Waals surface area contributed by atoms with Gasteiger partial charge in [0.15, 0.2) is 0 Å². The first-order chi connectivity index (χ1) is 7.25. The zero-order valence-corrected chi connectivity index (χ0v) is 10.7. The van der Waals surface area contributed by atoms with E-state index in [9.17, 15) is 9.59 Å². The van der Waals surface area contributed by atoms with Crippen molar-refractivity contribution in [2.75, 3.05) is 0 Å². The second-order valence-corrected chi connectivity index (χ2v) is 4.66. The van der Waals surface area contributed by atoms with Gasteiger partial charge in [-0.2, -0.15) is 0 Å². The van der Waals surface area contributed by atoms with Gasteiger partial charge in [-0.3, -0.25) is 9.59 Å². The van der Waals surface area contributed by atoms with E-state index in [0.717, 1.165) is 0 Å². The average Bonchev–Trinajstić information content (AvgIpc) is 2.14. The third-order valence-corrected chi connectivity index (χ3v) is 2.20. The van der Waals surface area contributed by atoms with Crippen LogP contribution in [0, 0.1) is 5.92 Å². The molecule has 0 aliphatic carbocycles. The van der Waals surface area contributed by atoms with Crippen molar-refractivity contribution in [2.45, 2.75) is 52.7 Å². The van der Waals surface area contributed by atoms with Crippen LogP contribution < -0.4 is 16.4 Å². The highest BCUT2D eigenvalue weighted by molar-refractivity contribution is 5.89. The lowest BCUT2D eigenvalue weighted by molar-refractivity contribution is -0.130. The molecule has 0 aliphatic rings. The van der Waals surface area contributed by atoms with E-state index in [1.165, 1.54) is 0 Å². The first-order valence-electron chi connectivity index (χ1n) is 5.62. The van der Waals surface area contributed by atoms with E-state index in [1.54, 1.807) is 6.92 Å². The van der Waals surface area contributed by atoms with Crippen molar-refractivity contribution in [1.82, 2.24) is 10.6 Å². The molecule has 0 radical (unpaired) electrons. The van der Waals surface area contributed by atoms with Crippen molar-refractivity contribution >= 4 is 11.8 Å². The molecule has 0 aromatic heterocycles. The molecular weight excluding hydrogens is 206 g/mol. The fourth-order valence-electron chi connectivity index (χ4n) is 1.09. The van der Waals surface area contributed by atoms with E-state index in [4.69, 9.17) is 5.73 Å². The third-order valence-electron chi connectivity index (χ3n) is 2.20. The molecule has 0 spiro atoms. The molecule has 0 fully saturated rings. The van der Waals surface area contributed by atoms with Crippen LogP contribution in [-0.4, -0.2) is 29.9 Å². The van der Waals surface area contributed by atoms with E-state index in [0.29, 0.717) is 0 Å². The monoisotopic (exact) mass is 229 g/mol. The van der Waals surface area contributed by atoms with Crippen molar-refractivity contribution in [3.05, 3.63) is 0 Å². The minimum absolute atomic E-state index is 0.0559. The Kier molecular flexibility index (Phi) is 6.03. The number of hydrogen-bond acceptors (Lipinski definition) is 3. The van der Waals surface area contributed by atoms with Gasteiger partial charge in [0.25, 0.3) is 0 Å². The number of carbonyl (C=O) groups is 2. The van der Waals surface area contributed by atoms with Gasteiger partial charge in [-0.05, 0) is 26.7 Å². The molecule has 0 aromatic rings. The Bertz CT molecular complexity index is 252. The van der Waals surface area contributed by atoms with Gasteiger partial charge in [0, 0.05) is 6.04 Å². The molecule has 0 bridgehead atoms. The van der Waals surface area contributed by atoms with Crippen LogP contribution in [0.1, 0.15) is 34.6 Å². The summed E-state index contributed by atoms with van der Waals surface area (Å²) in [7, 11) is 0. The largest absolute Gasteiger partial charge is 0.352 e. The summed E-state index contributed by atoms with van der Waals surface area (Å²) in [4.78, 5) is 23.1. The summed E-state index contributed by atoms with van der Waals surface area (Å²) in [6.07, 6.45) is 0. The van der Waals surface area contributed by atoms with Crippen molar-refractivity contribution in [3.63, 3.8) is 0 Å². The maximum atomic E-state index is 11.6. The molecule has 2 atom stereocenters. The predicted molar refractivity (Wildman–Crippen MR) is 63.7 cm³/mol. The number of amides is 2. The Morgan fingerprint density at radius 3 is 1.81 bits per heavy atom. The lowest BCUT2D eigenvalue weighted by atomic mass is 10.0. The first kappa shape index (κ1) is 14.9. The van der Waals surface area contributed by atoms with Gasteiger partial charge in [0.1, 0.15) is 6.04 Å². The van der Waals surface area contributed by atoms with Crippen molar-refractivity contribution in [1.29, 1.82) is 0 Å². The Hall–Kier alpha value is -1.10. The molecule has 0 aromatic carbocycles. The number of rotatable bonds is 5. The second kappa shape index (κ2) is 6.48. The van der Waals surface area contributed by atoms with E-state index < -0.39 is 12.1 Å². The van der Waals surface area contributed by atoms with Crippen LogP contribution in [0.25, 0.3) is 0 Å². The van der Waals surface area contributed by atoms with Gasteiger partial charge in [-0.1, -0.05) is 13.8 Å². The summed E-state index contributed by atoms with van der Waals surface area (Å²) in [6, 6.07) is -1.07. The summed E-state index contributed by atoms with van der Waals surface area (Å²) in [6.45, 7) is 9.10. The average molecular weight is 229 g/mol. The number of nitrogens with one attached hydrogen (secondary N) is 2. The van der Waals surface area contributed by atoms with Crippen LogP contribution in [0.15, 0.2) is 0 Å². The highest BCUT2D eigenvalue weighted by atomic mass is 16.2. The van der Waals surface area contributed by atoms with Crippen LogP contribution >= 0.6 is 0 Å². The number of carbonyl (C=O) groups excluding carboxylic acids is 2. The molecular formula is C11H23N3O2. The van der Waals surface area contributed by atoms with Crippen LogP contribution in [0.5, 0.6) is 0 Å². The predicted octanol–water partition coefficient (Wildman–Crippen LogP) is -0.001000. The molecule has 0 rings (SSSR count). The lowest BCUT2D eigenvalue weighted by Crippen LogP contribution is -2.52. The van der Waals surface area contributed by atoms with E-state index in [2.05, 4.69) is 10.6 Å². The summed E-state index contributed by atoms with van der Waals surface area (Å²) < 4.78 is 0. The summed E-state index contributed by atoms with van der Waals surface area (Å²) in [5.41, 5.74) is 5.67. The molecule has 0 heterocycles. The summed E-state index contributed by atoms with van der Waals surface area (Å²) >= 11 is 0. The van der Waals surface area contributed by atoms with Crippen LogP contribution in [-0.2, 0) is 9.59 Å². The molecule has 0 saturated carbocycles. The number of nitrogens with two attached hydrogens (primary N) is 1. The lowest BCUT2D eigenvalue weighted by Gasteiger charge is -2.20. The van der Waals surface area contributed by atoms with Crippen molar-refractivity contribution < 1.29 is 9.59 Å². The molecule has 0 aliphatic heterocycles. The SMILES string of the molecule is CC(C)NC(=O)C(C)NC(=O)[C@H](N)C(C)C. The highest BCUT2D eigenvalue weighted by Crippen LogP contribution is 1.98. The molecule has 5 nitrogen and oxygen atoms in total. The maximum Gasteiger partial charge on any atom is 0.242 e. The van der Waals surface area contributed by atoms with Crippen molar-refractivity contribution in [2.24, 2.45) is 11.7 Å². The minimum Gasteiger partial charge on any atom is -0.352 e. The fraction of sp³-hybridized carbons (Fsp3) is 0.818. The van der Waals surface area contributed by atoms with Crippen LogP contribution in [0.3, 0.4) is 0 Å². The van der Waals surface area contributed by atoms with Gasteiger partial charge in [-0.15, -0.1) is 0 Å². The molecule has 16 heavy (non-hydrogen) atoms. The number of hydrogen-bond donors (Lipinski definition) is 3. The second-order valence-electron chi connectivity index (χ2n) is 4.66. The van der Waals surface area contributed by atoms with Crippen LogP contribution in [0.2, 0.25) is 0 Å². The first-order valence-corrected chi connectivity index (χ1v) is 5.62. The van der Waals surface area contributed by atoms with Gasteiger partial charge in [-0.25, -0.2) is 0 Å². The van der Waals surface area contributed by atoms with E-state index in [1.807, 2.05) is 27.7 Å². The fourth-order valence-corrected chi connectivity index (χ4v) is 1.09. The normalized spacial score (nSPS) is 14.8. The van der Waals surface area contributed by atoms with Gasteiger partial charge in [0.05, 0.1) is 6.04 Å². The van der Waals surface area contributed by atoms with Crippen LogP contribution in [0.4, 0.5) is 0 Å². The Labute approximate surface area is 97.2 Å². The van der Waals surface area contributed by atoms with Crippen molar-refractivity contribution in [3.8, 4) is 0 Å². The standard InChI is InChI=1S/C11H23N3O2/c1-6(2)9(12)11(16)14-8(5)10(15)13-7(3)4/h6-9H,12H2,1-5H3,(H,13,15)(H,14,16)/t8?,9-/m1/s1. The molecule has 4 N–H and O–H groups in total. The molecule has 2 amide bonds. The van der Waals surface area contributed by atoms with E-state index in [-0.39, 0.29) is 23.8 Å². The quantitative estimate of drug-likeness (QED) is 0.620. The molecule has 5 heteroatoms. The highest BCUT2D eigenvalue weighted by Gasteiger charge is 2.22. The molecule has 0 saturated heterocycles. The topological polar surface area (TPSA) is 84.2 Å². The zero-order chi connectivity index (χ0) is 12.9. The van der Waals surface area contributed by atoms with E-state index >= 15 is 0 Å².